The number of halogens is 6. The molecule has 0 fully saturated rings. The Kier molecular flexibility index (Phi) is 8.24. The maximum atomic E-state index is 12.0. The fourth-order valence-electron chi connectivity index (χ4n) is 1.99. The van der Waals surface area contributed by atoms with Gasteiger partial charge < -0.3 is 4.74 Å². The van der Waals surface area contributed by atoms with Crippen LogP contribution in [0.15, 0.2) is 28.7 Å². The van der Waals surface area contributed by atoms with Gasteiger partial charge in [0.2, 0.25) is 0 Å². The van der Waals surface area contributed by atoms with Crippen molar-refractivity contribution in [3.05, 3.63) is 34.3 Å². The van der Waals surface area contributed by atoms with Crippen molar-refractivity contribution in [1.29, 1.82) is 0 Å². The van der Waals surface area contributed by atoms with Crippen LogP contribution in [0, 0.1) is 0 Å². The van der Waals surface area contributed by atoms with Crippen molar-refractivity contribution < 1.29 is 17.9 Å². The lowest BCUT2D eigenvalue weighted by Crippen LogP contribution is -2.31. The second-order valence-electron chi connectivity index (χ2n) is 4.83. The van der Waals surface area contributed by atoms with Crippen molar-refractivity contribution in [2.75, 3.05) is 23.9 Å². The van der Waals surface area contributed by atoms with Crippen LogP contribution in [0.5, 0.6) is 0 Å². The molecule has 0 aliphatic heterocycles. The maximum Gasteiger partial charge on any atom is 0.411 e. The Balaban J connectivity index is 2.61. The van der Waals surface area contributed by atoms with Crippen LogP contribution in [0.3, 0.4) is 0 Å². The summed E-state index contributed by atoms with van der Waals surface area (Å²) >= 11 is 10.5. The quantitative estimate of drug-likeness (QED) is 0.325. The minimum Gasteiger partial charge on any atom is -0.372 e. The lowest BCUT2D eigenvalue weighted by molar-refractivity contribution is -0.174. The molecule has 0 radical (unpaired) electrons. The molecule has 0 saturated heterocycles. The van der Waals surface area contributed by atoms with Crippen LogP contribution >= 0.6 is 47.8 Å². The third-order valence-electron chi connectivity index (χ3n) is 3.16. The molecule has 0 heterocycles. The largest absolute Gasteiger partial charge is 0.411 e. The van der Waals surface area contributed by atoms with E-state index in [-0.39, 0.29) is 12.0 Å². The highest BCUT2D eigenvalue weighted by atomic mass is 79.9. The Bertz CT molecular complexity index is 434. The molecule has 0 amide bonds. The summed E-state index contributed by atoms with van der Waals surface area (Å²) < 4.78 is 41.7. The Morgan fingerprint density at radius 3 is 2.29 bits per heavy atom. The molecular formula is C14H16Br3F3O. The number of hydrogen-bond acceptors (Lipinski definition) is 1. The standard InChI is InChI=1S/C14H16Br3F3O/c15-8-13(9-16,11-3-1-4-12(17)7-11)5-2-6-21-10-14(18,19)20/h1,3-4,7H,2,5-6,8-10H2. The van der Waals surface area contributed by atoms with Gasteiger partial charge in [-0.05, 0) is 30.5 Å². The van der Waals surface area contributed by atoms with Crippen LogP contribution in [0.1, 0.15) is 18.4 Å². The topological polar surface area (TPSA) is 9.23 Å². The summed E-state index contributed by atoms with van der Waals surface area (Å²) in [5.74, 6) is 0. The molecule has 0 aliphatic rings. The first kappa shape index (κ1) is 19.5. The number of rotatable bonds is 8. The van der Waals surface area contributed by atoms with Crippen molar-refractivity contribution in [3.63, 3.8) is 0 Å². The fraction of sp³-hybridized carbons (Fsp3) is 0.571. The molecule has 0 N–H and O–H groups in total. The highest BCUT2D eigenvalue weighted by molar-refractivity contribution is 9.10. The van der Waals surface area contributed by atoms with Crippen molar-refractivity contribution in [1.82, 2.24) is 0 Å². The van der Waals surface area contributed by atoms with Gasteiger partial charge in [0.25, 0.3) is 0 Å². The van der Waals surface area contributed by atoms with Crippen LogP contribution < -0.4 is 0 Å². The molecule has 1 aromatic carbocycles. The average molecular weight is 497 g/mol. The fourth-order valence-corrected chi connectivity index (χ4v) is 4.52. The lowest BCUT2D eigenvalue weighted by atomic mass is 9.80. The van der Waals surface area contributed by atoms with E-state index in [1.54, 1.807) is 0 Å². The van der Waals surface area contributed by atoms with Gasteiger partial charge in [0.05, 0.1) is 0 Å². The summed E-state index contributed by atoms with van der Waals surface area (Å²) in [5, 5.41) is 1.45. The number of ether oxygens (including phenoxy) is 1. The summed E-state index contributed by atoms with van der Waals surface area (Å²) in [7, 11) is 0. The van der Waals surface area contributed by atoms with E-state index >= 15 is 0 Å². The number of benzene rings is 1. The van der Waals surface area contributed by atoms with Gasteiger partial charge in [-0.2, -0.15) is 13.2 Å². The Labute approximate surface area is 148 Å². The first-order valence-corrected chi connectivity index (χ1v) is 9.39. The summed E-state index contributed by atoms with van der Waals surface area (Å²) in [6, 6.07) is 7.98. The molecular weight excluding hydrogens is 481 g/mol. The van der Waals surface area contributed by atoms with Crippen molar-refractivity contribution >= 4 is 47.8 Å². The zero-order chi connectivity index (χ0) is 15.9. The monoisotopic (exact) mass is 494 g/mol. The SMILES string of the molecule is FC(F)(F)COCCCC(CBr)(CBr)c1cccc(Br)c1. The van der Waals surface area contributed by atoms with Gasteiger partial charge >= 0.3 is 6.18 Å². The van der Waals surface area contributed by atoms with E-state index in [1.807, 2.05) is 24.3 Å². The van der Waals surface area contributed by atoms with E-state index in [9.17, 15) is 13.2 Å². The van der Waals surface area contributed by atoms with Crippen LogP contribution in [-0.4, -0.2) is 30.1 Å². The Morgan fingerprint density at radius 2 is 1.76 bits per heavy atom. The first-order valence-electron chi connectivity index (χ1n) is 6.35. The maximum absolute atomic E-state index is 12.0. The Morgan fingerprint density at radius 1 is 1.10 bits per heavy atom. The average Bonchev–Trinajstić information content (AvgIpc) is 2.42. The second-order valence-corrected chi connectivity index (χ2v) is 6.87. The molecule has 1 aromatic rings. The molecule has 1 nitrogen and oxygen atoms in total. The smallest absolute Gasteiger partial charge is 0.372 e. The highest BCUT2D eigenvalue weighted by Crippen LogP contribution is 2.35. The Hall–Kier alpha value is 0.410. The van der Waals surface area contributed by atoms with Crippen molar-refractivity contribution in [2.45, 2.75) is 24.4 Å². The molecule has 0 bridgehead atoms. The van der Waals surface area contributed by atoms with E-state index in [1.165, 1.54) is 0 Å². The minimum absolute atomic E-state index is 0.106. The second kappa shape index (κ2) is 8.89. The summed E-state index contributed by atoms with van der Waals surface area (Å²) in [6.45, 7) is -1.07. The van der Waals surface area contributed by atoms with Gasteiger partial charge in [-0.15, -0.1) is 0 Å². The predicted molar refractivity (Wildman–Crippen MR) is 89.5 cm³/mol. The van der Waals surface area contributed by atoms with E-state index in [2.05, 4.69) is 52.5 Å². The van der Waals surface area contributed by atoms with E-state index in [4.69, 9.17) is 0 Å². The van der Waals surface area contributed by atoms with E-state index < -0.39 is 12.8 Å². The van der Waals surface area contributed by atoms with Crippen LogP contribution in [0.4, 0.5) is 13.2 Å². The molecule has 21 heavy (non-hydrogen) atoms. The molecule has 0 spiro atoms. The predicted octanol–water partition coefficient (Wildman–Crippen LogP) is 5.84. The third-order valence-corrected chi connectivity index (χ3v) is 5.80. The zero-order valence-corrected chi connectivity index (χ0v) is 16.0. The molecule has 0 unspecified atom stereocenters. The van der Waals surface area contributed by atoms with E-state index in [0.29, 0.717) is 6.42 Å². The molecule has 7 heteroatoms. The van der Waals surface area contributed by atoms with Gasteiger partial charge in [-0.25, -0.2) is 0 Å². The van der Waals surface area contributed by atoms with Crippen LogP contribution in [0.25, 0.3) is 0 Å². The molecule has 0 aromatic heterocycles. The summed E-state index contributed by atoms with van der Waals surface area (Å²) in [6.07, 6.45) is -2.95. The lowest BCUT2D eigenvalue weighted by Gasteiger charge is -2.31. The molecule has 0 atom stereocenters. The molecule has 0 aliphatic carbocycles. The van der Waals surface area contributed by atoms with Gasteiger partial charge in [0, 0.05) is 27.2 Å². The van der Waals surface area contributed by atoms with Gasteiger partial charge in [-0.3, -0.25) is 0 Å². The normalized spacial score (nSPS) is 12.7. The molecule has 0 saturated carbocycles. The van der Waals surface area contributed by atoms with Crippen LogP contribution in [-0.2, 0) is 10.2 Å². The third kappa shape index (κ3) is 6.59. The van der Waals surface area contributed by atoms with E-state index in [0.717, 1.165) is 27.1 Å². The molecule has 1 rings (SSSR count). The van der Waals surface area contributed by atoms with Crippen molar-refractivity contribution in [3.8, 4) is 0 Å². The summed E-state index contributed by atoms with van der Waals surface area (Å²) in [4.78, 5) is 0. The molecule has 120 valence electrons. The number of hydrogen-bond donors (Lipinski definition) is 0. The highest BCUT2D eigenvalue weighted by Gasteiger charge is 2.30. The zero-order valence-electron chi connectivity index (χ0n) is 11.2. The first-order chi connectivity index (χ1) is 9.83. The summed E-state index contributed by atoms with van der Waals surface area (Å²) in [5.41, 5.74) is 0.979. The van der Waals surface area contributed by atoms with Gasteiger partial charge in [0.15, 0.2) is 0 Å². The minimum atomic E-state index is -4.26. The number of alkyl halides is 5. The van der Waals surface area contributed by atoms with Crippen molar-refractivity contribution in [2.24, 2.45) is 0 Å². The van der Waals surface area contributed by atoms with Gasteiger partial charge in [0.1, 0.15) is 6.61 Å². The van der Waals surface area contributed by atoms with Gasteiger partial charge in [-0.1, -0.05) is 59.9 Å². The van der Waals surface area contributed by atoms with Crippen LogP contribution in [0.2, 0.25) is 0 Å².